The maximum atomic E-state index is 6.90. The van der Waals surface area contributed by atoms with Crippen molar-refractivity contribution in [1.82, 2.24) is 0 Å². The SMILES string of the molecule is COC1(CO[Si](c2ccccc2)(c2ccccc2)C(C)(C)C)CC1. The second kappa shape index (κ2) is 6.47. The van der Waals surface area contributed by atoms with Gasteiger partial charge in [-0.1, -0.05) is 81.4 Å². The zero-order valence-electron chi connectivity index (χ0n) is 15.2. The maximum absolute atomic E-state index is 6.90. The molecule has 0 heterocycles. The van der Waals surface area contributed by atoms with Crippen molar-refractivity contribution in [3.63, 3.8) is 0 Å². The molecule has 1 fully saturated rings. The van der Waals surface area contributed by atoms with E-state index in [-0.39, 0.29) is 10.6 Å². The summed E-state index contributed by atoms with van der Waals surface area (Å²) in [5.41, 5.74) is -0.0624. The van der Waals surface area contributed by atoms with Gasteiger partial charge in [-0.05, 0) is 28.3 Å². The van der Waals surface area contributed by atoms with Crippen LogP contribution in [0.25, 0.3) is 0 Å². The molecule has 0 aromatic heterocycles. The molecule has 0 amide bonds. The molecule has 0 aliphatic heterocycles. The number of hydrogen-bond acceptors (Lipinski definition) is 2. The third kappa shape index (κ3) is 3.08. The van der Waals surface area contributed by atoms with Crippen molar-refractivity contribution < 1.29 is 9.16 Å². The third-order valence-corrected chi connectivity index (χ3v) is 10.2. The second-order valence-corrected chi connectivity index (χ2v) is 12.1. The average molecular weight is 341 g/mol. The molecule has 0 atom stereocenters. The highest BCUT2D eigenvalue weighted by molar-refractivity contribution is 6.99. The summed E-state index contributed by atoms with van der Waals surface area (Å²) in [7, 11) is -0.608. The Bertz CT molecular complexity index is 618. The molecule has 0 unspecified atom stereocenters. The van der Waals surface area contributed by atoms with Crippen molar-refractivity contribution in [1.29, 1.82) is 0 Å². The standard InChI is InChI=1S/C21H28O2Si/c1-20(2,3)24(18-11-7-5-8-12-18,19-13-9-6-10-14-19)23-17-21(22-4)15-16-21/h5-14H,15-17H2,1-4H3. The van der Waals surface area contributed by atoms with E-state index in [1.807, 2.05) is 7.11 Å². The average Bonchev–Trinajstić information content (AvgIpc) is 3.37. The zero-order valence-corrected chi connectivity index (χ0v) is 16.2. The fourth-order valence-electron chi connectivity index (χ4n) is 3.55. The Hall–Kier alpha value is -1.42. The fraction of sp³-hybridized carbons (Fsp3) is 0.429. The molecule has 1 aliphatic carbocycles. The van der Waals surface area contributed by atoms with E-state index in [1.165, 1.54) is 10.4 Å². The summed E-state index contributed by atoms with van der Waals surface area (Å²) in [4.78, 5) is 0. The number of rotatable bonds is 6. The fourth-order valence-corrected chi connectivity index (χ4v) is 8.18. The highest BCUT2D eigenvalue weighted by Gasteiger charge is 2.53. The van der Waals surface area contributed by atoms with Crippen LogP contribution in [0, 0.1) is 0 Å². The molecule has 2 aromatic rings. The van der Waals surface area contributed by atoms with E-state index in [9.17, 15) is 0 Å². The third-order valence-electron chi connectivity index (χ3n) is 5.21. The van der Waals surface area contributed by atoms with Gasteiger partial charge in [0.25, 0.3) is 8.32 Å². The van der Waals surface area contributed by atoms with Gasteiger partial charge in [0.2, 0.25) is 0 Å². The van der Waals surface area contributed by atoms with E-state index >= 15 is 0 Å². The van der Waals surface area contributed by atoms with Crippen LogP contribution in [0.2, 0.25) is 5.04 Å². The summed E-state index contributed by atoms with van der Waals surface area (Å²) in [6.45, 7) is 7.61. The van der Waals surface area contributed by atoms with E-state index in [2.05, 4.69) is 81.4 Å². The lowest BCUT2D eigenvalue weighted by Gasteiger charge is -2.43. The summed E-state index contributed by atoms with van der Waals surface area (Å²) in [6.07, 6.45) is 2.20. The zero-order chi connectivity index (χ0) is 17.3. The van der Waals surface area contributed by atoms with Crippen LogP contribution in [0.3, 0.4) is 0 Å². The van der Waals surface area contributed by atoms with Gasteiger partial charge in [-0.3, -0.25) is 0 Å². The minimum Gasteiger partial charge on any atom is -0.404 e. The lowest BCUT2D eigenvalue weighted by molar-refractivity contribution is 0.0337. The van der Waals surface area contributed by atoms with Gasteiger partial charge in [-0.15, -0.1) is 0 Å². The maximum Gasteiger partial charge on any atom is 0.261 e. The molecule has 128 valence electrons. The van der Waals surface area contributed by atoms with Crippen LogP contribution in [0.1, 0.15) is 33.6 Å². The molecule has 0 N–H and O–H groups in total. The number of methoxy groups -OCH3 is 1. The van der Waals surface area contributed by atoms with Crippen molar-refractivity contribution in [2.45, 2.75) is 44.3 Å². The van der Waals surface area contributed by atoms with Crippen molar-refractivity contribution >= 4 is 18.7 Å². The molecule has 1 aliphatic rings. The van der Waals surface area contributed by atoms with E-state index in [0.717, 1.165) is 12.8 Å². The lowest BCUT2D eigenvalue weighted by atomic mass is 10.2. The molecule has 0 radical (unpaired) electrons. The molecule has 1 saturated carbocycles. The van der Waals surface area contributed by atoms with Crippen molar-refractivity contribution in [2.24, 2.45) is 0 Å². The summed E-state index contributed by atoms with van der Waals surface area (Å²) in [6, 6.07) is 21.6. The molecule has 0 spiro atoms. The lowest BCUT2D eigenvalue weighted by Crippen LogP contribution is -2.67. The van der Waals surface area contributed by atoms with Crippen molar-refractivity contribution in [2.75, 3.05) is 13.7 Å². The molecule has 3 rings (SSSR count). The van der Waals surface area contributed by atoms with Crippen LogP contribution in [0.15, 0.2) is 60.7 Å². The van der Waals surface area contributed by atoms with Gasteiger partial charge in [0.1, 0.15) is 0 Å². The highest BCUT2D eigenvalue weighted by atomic mass is 28.4. The van der Waals surface area contributed by atoms with Crippen LogP contribution in [0.5, 0.6) is 0 Å². The van der Waals surface area contributed by atoms with Gasteiger partial charge in [0, 0.05) is 7.11 Å². The van der Waals surface area contributed by atoms with Gasteiger partial charge in [0.05, 0.1) is 12.2 Å². The summed E-state index contributed by atoms with van der Waals surface area (Å²) < 4.78 is 12.6. The van der Waals surface area contributed by atoms with Crippen molar-refractivity contribution in [3.05, 3.63) is 60.7 Å². The van der Waals surface area contributed by atoms with Gasteiger partial charge >= 0.3 is 0 Å². The van der Waals surface area contributed by atoms with Crippen LogP contribution < -0.4 is 10.4 Å². The van der Waals surface area contributed by atoms with E-state index in [0.29, 0.717) is 6.61 Å². The van der Waals surface area contributed by atoms with Crippen LogP contribution in [-0.4, -0.2) is 27.6 Å². The van der Waals surface area contributed by atoms with Crippen molar-refractivity contribution in [3.8, 4) is 0 Å². The van der Waals surface area contributed by atoms with E-state index in [1.54, 1.807) is 0 Å². The topological polar surface area (TPSA) is 18.5 Å². The Labute approximate surface area is 146 Å². The Morgan fingerprint density at radius 3 is 1.67 bits per heavy atom. The number of hydrogen-bond donors (Lipinski definition) is 0. The highest BCUT2D eigenvalue weighted by Crippen LogP contribution is 2.42. The molecular formula is C21H28O2Si. The molecule has 0 bridgehead atoms. The van der Waals surface area contributed by atoms with Crippen LogP contribution in [0.4, 0.5) is 0 Å². The molecule has 2 nitrogen and oxygen atoms in total. The van der Waals surface area contributed by atoms with E-state index in [4.69, 9.17) is 9.16 Å². The first-order chi connectivity index (χ1) is 11.4. The molecular weight excluding hydrogens is 312 g/mol. The Morgan fingerprint density at radius 1 is 0.875 bits per heavy atom. The first kappa shape index (κ1) is 17.4. The summed E-state index contributed by atoms with van der Waals surface area (Å²) in [5.74, 6) is 0. The molecule has 0 saturated heterocycles. The van der Waals surface area contributed by atoms with Gasteiger partial charge in [-0.2, -0.15) is 0 Å². The molecule has 3 heteroatoms. The normalized spacial score (nSPS) is 16.8. The Kier molecular flexibility index (Phi) is 4.69. The first-order valence-electron chi connectivity index (χ1n) is 8.74. The largest absolute Gasteiger partial charge is 0.404 e. The minimum absolute atomic E-state index is 0.0273. The Balaban J connectivity index is 2.10. The van der Waals surface area contributed by atoms with E-state index < -0.39 is 8.32 Å². The monoisotopic (exact) mass is 340 g/mol. The predicted molar refractivity (Wildman–Crippen MR) is 103 cm³/mol. The second-order valence-electron chi connectivity index (χ2n) is 7.84. The first-order valence-corrected chi connectivity index (χ1v) is 10.6. The van der Waals surface area contributed by atoms with Gasteiger partial charge in [-0.25, -0.2) is 0 Å². The predicted octanol–water partition coefficient (Wildman–Crippen LogP) is 3.74. The summed E-state index contributed by atoms with van der Waals surface area (Å²) in [5, 5.41) is 2.69. The number of ether oxygens (including phenoxy) is 1. The van der Waals surface area contributed by atoms with Crippen LogP contribution >= 0.6 is 0 Å². The summed E-state index contributed by atoms with van der Waals surface area (Å²) >= 11 is 0. The van der Waals surface area contributed by atoms with Gasteiger partial charge in [0.15, 0.2) is 0 Å². The minimum atomic E-state index is -2.42. The molecule has 24 heavy (non-hydrogen) atoms. The Morgan fingerprint density at radius 2 is 1.33 bits per heavy atom. The van der Waals surface area contributed by atoms with Gasteiger partial charge < -0.3 is 9.16 Å². The van der Waals surface area contributed by atoms with Crippen LogP contribution in [-0.2, 0) is 9.16 Å². The number of benzene rings is 2. The molecule has 2 aromatic carbocycles. The smallest absolute Gasteiger partial charge is 0.261 e. The quantitative estimate of drug-likeness (QED) is 0.746.